The van der Waals surface area contributed by atoms with E-state index in [-0.39, 0.29) is 5.56 Å². The zero-order valence-corrected chi connectivity index (χ0v) is 10.2. The smallest absolute Gasteiger partial charge is 0.310 e. The summed E-state index contributed by atoms with van der Waals surface area (Å²) in [6, 6.07) is 2.31. The molecule has 1 N–H and O–H groups in total. The highest BCUT2D eigenvalue weighted by Gasteiger charge is 2.68. The Morgan fingerprint density at radius 1 is 1.41 bits per heavy atom. The first kappa shape index (κ1) is 12.6. The minimum atomic E-state index is -1.46. The Morgan fingerprint density at radius 2 is 2.00 bits per heavy atom. The van der Waals surface area contributed by atoms with Crippen LogP contribution in [0.3, 0.4) is 0 Å². The molecule has 2 nitrogen and oxygen atoms in total. The Bertz CT molecular complexity index is 479. The van der Waals surface area contributed by atoms with Gasteiger partial charge in [0.05, 0.1) is 5.92 Å². The number of alkyl halides is 2. The first-order valence-electron chi connectivity index (χ1n) is 4.83. The lowest BCUT2D eigenvalue weighted by atomic mass is 10.1. The number of carbonyl (C=O) groups is 1. The Kier molecular flexibility index (Phi) is 2.83. The molecule has 92 valence electrons. The summed E-state index contributed by atoms with van der Waals surface area (Å²) in [6.07, 6.45) is 0. The quantitative estimate of drug-likeness (QED) is 0.845. The molecule has 1 saturated carbocycles. The van der Waals surface area contributed by atoms with E-state index in [1.54, 1.807) is 0 Å². The van der Waals surface area contributed by atoms with E-state index in [0.717, 1.165) is 6.07 Å². The zero-order valence-electron chi connectivity index (χ0n) is 8.68. The van der Waals surface area contributed by atoms with E-state index in [0.29, 0.717) is 5.56 Å². The summed E-state index contributed by atoms with van der Waals surface area (Å²) in [7, 11) is 0. The summed E-state index contributed by atoms with van der Waals surface area (Å²) in [5, 5.41) is 8.88. The SMILES string of the molecule is Cc1cc([C@H]2[C@H](C(=O)O)C2(Cl)Cl)cc(F)c1F. The van der Waals surface area contributed by atoms with E-state index in [1.807, 2.05) is 0 Å². The molecule has 2 rings (SSSR count). The van der Waals surface area contributed by atoms with Crippen molar-refractivity contribution in [2.24, 2.45) is 5.92 Å². The van der Waals surface area contributed by atoms with E-state index in [2.05, 4.69) is 0 Å². The van der Waals surface area contributed by atoms with Crippen LogP contribution in [0.4, 0.5) is 8.78 Å². The molecule has 1 aliphatic rings. The molecule has 0 amide bonds. The number of carboxylic acid groups (broad SMARTS) is 1. The zero-order chi connectivity index (χ0) is 13.0. The molecule has 1 fully saturated rings. The molecule has 0 bridgehead atoms. The summed E-state index contributed by atoms with van der Waals surface area (Å²) < 4.78 is 24.8. The fourth-order valence-corrected chi connectivity index (χ4v) is 2.80. The van der Waals surface area contributed by atoms with Crippen LogP contribution in [0, 0.1) is 24.5 Å². The summed E-state index contributed by atoms with van der Waals surface area (Å²) >= 11 is 11.6. The van der Waals surface area contributed by atoms with E-state index >= 15 is 0 Å². The van der Waals surface area contributed by atoms with Gasteiger partial charge in [0.2, 0.25) is 0 Å². The molecule has 6 heteroatoms. The summed E-state index contributed by atoms with van der Waals surface area (Å²) in [6.45, 7) is 1.39. The average Bonchev–Trinajstić information content (AvgIpc) is 2.77. The second kappa shape index (κ2) is 3.82. The number of carboxylic acids is 1. The van der Waals surface area contributed by atoms with Gasteiger partial charge in [-0.05, 0) is 24.1 Å². The van der Waals surface area contributed by atoms with Crippen molar-refractivity contribution >= 4 is 29.2 Å². The molecular formula is C11H8Cl2F2O2. The maximum absolute atomic E-state index is 13.2. The molecule has 17 heavy (non-hydrogen) atoms. The van der Waals surface area contributed by atoms with Gasteiger partial charge in [0.1, 0.15) is 4.33 Å². The lowest BCUT2D eigenvalue weighted by molar-refractivity contribution is -0.138. The van der Waals surface area contributed by atoms with Gasteiger partial charge in [0.25, 0.3) is 0 Å². The van der Waals surface area contributed by atoms with E-state index < -0.39 is 33.8 Å². The Hall–Kier alpha value is -0.870. The van der Waals surface area contributed by atoms with E-state index in [1.165, 1.54) is 13.0 Å². The lowest BCUT2D eigenvalue weighted by Gasteiger charge is -2.04. The topological polar surface area (TPSA) is 37.3 Å². The van der Waals surface area contributed by atoms with Crippen molar-refractivity contribution in [1.82, 2.24) is 0 Å². The van der Waals surface area contributed by atoms with Gasteiger partial charge in [-0.1, -0.05) is 29.3 Å². The molecule has 0 unspecified atom stereocenters. The van der Waals surface area contributed by atoms with Gasteiger partial charge in [-0.3, -0.25) is 4.79 Å². The predicted octanol–water partition coefficient (Wildman–Crippen LogP) is 3.25. The van der Waals surface area contributed by atoms with Gasteiger partial charge in [-0.15, -0.1) is 0 Å². The van der Waals surface area contributed by atoms with Crippen molar-refractivity contribution < 1.29 is 18.7 Å². The first-order chi connectivity index (χ1) is 7.76. The largest absolute Gasteiger partial charge is 0.481 e. The molecule has 1 aromatic carbocycles. The maximum atomic E-state index is 13.2. The van der Waals surface area contributed by atoms with Crippen LogP contribution in [0.1, 0.15) is 17.0 Å². The Labute approximate surface area is 106 Å². The number of hydrogen-bond acceptors (Lipinski definition) is 1. The van der Waals surface area contributed by atoms with Gasteiger partial charge >= 0.3 is 5.97 Å². The molecular weight excluding hydrogens is 273 g/mol. The summed E-state index contributed by atoms with van der Waals surface area (Å²) in [5.74, 6) is -4.83. The van der Waals surface area contributed by atoms with Crippen molar-refractivity contribution in [1.29, 1.82) is 0 Å². The predicted molar refractivity (Wildman–Crippen MR) is 59.4 cm³/mol. The van der Waals surface area contributed by atoms with Gasteiger partial charge in [-0.2, -0.15) is 0 Å². The van der Waals surface area contributed by atoms with Crippen LogP contribution < -0.4 is 0 Å². The number of aryl methyl sites for hydroxylation is 1. The van der Waals surface area contributed by atoms with Gasteiger partial charge < -0.3 is 5.11 Å². The number of halogens is 4. The van der Waals surface area contributed by atoms with Crippen LogP contribution in [0.25, 0.3) is 0 Å². The molecule has 0 spiro atoms. The minimum absolute atomic E-state index is 0.0974. The minimum Gasteiger partial charge on any atom is -0.481 e. The number of hydrogen-bond donors (Lipinski definition) is 1. The number of benzene rings is 1. The van der Waals surface area contributed by atoms with Crippen molar-refractivity contribution in [2.45, 2.75) is 17.2 Å². The normalized spacial score (nSPS) is 25.7. The standard InChI is InChI=1S/C11H8Cl2F2O2/c1-4-2-5(3-6(14)9(4)15)7-8(10(16)17)11(7,12)13/h2-3,7-8H,1H3,(H,16,17)/t7-,8+/m0/s1. The van der Waals surface area contributed by atoms with Gasteiger partial charge in [0.15, 0.2) is 11.6 Å². The number of rotatable bonds is 2. The van der Waals surface area contributed by atoms with Crippen LogP contribution in [0.5, 0.6) is 0 Å². The van der Waals surface area contributed by atoms with E-state index in [4.69, 9.17) is 28.3 Å². The second-order valence-electron chi connectivity index (χ2n) is 4.10. The van der Waals surface area contributed by atoms with Crippen molar-refractivity contribution in [3.63, 3.8) is 0 Å². The first-order valence-corrected chi connectivity index (χ1v) is 5.58. The molecule has 1 aromatic rings. The molecule has 0 heterocycles. The number of aliphatic carboxylic acids is 1. The Balaban J connectivity index is 2.41. The molecule has 0 radical (unpaired) electrons. The summed E-state index contributed by atoms with van der Waals surface area (Å²) in [5.41, 5.74) is 0.402. The lowest BCUT2D eigenvalue weighted by Crippen LogP contribution is -2.03. The van der Waals surface area contributed by atoms with Crippen molar-refractivity contribution in [2.75, 3.05) is 0 Å². The van der Waals surface area contributed by atoms with E-state index in [9.17, 15) is 13.6 Å². The molecule has 0 aromatic heterocycles. The average molecular weight is 281 g/mol. The third kappa shape index (κ3) is 1.89. The fourth-order valence-electron chi connectivity index (χ4n) is 1.98. The van der Waals surface area contributed by atoms with Crippen LogP contribution in [-0.4, -0.2) is 15.4 Å². The summed E-state index contributed by atoms with van der Waals surface area (Å²) in [4.78, 5) is 10.9. The van der Waals surface area contributed by atoms with Crippen LogP contribution in [-0.2, 0) is 4.79 Å². The second-order valence-corrected chi connectivity index (χ2v) is 5.55. The van der Waals surface area contributed by atoms with Crippen LogP contribution >= 0.6 is 23.2 Å². The molecule has 2 atom stereocenters. The van der Waals surface area contributed by atoms with Gasteiger partial charge in [-0.25, -0.2) is 8.78 Å². The molecule has 0 aliphatic heterocycles. The maximum Gasteiger partial charge on any atom is 0.310 e. The fraction of sp³-hybridized carbons (Fsp3) is 0.364. The molecule has 0 saturated heterocycles. The van der Waals surface area contributed by atoms with Crippen molar-refractivity contribution in [3.05, 3.63) is 34.9 Å². The van der Waals surface area contributed by atoms with Crippen molar-refractivity contribution in [3.8, 4) is 0 Å². The molecule has 1 aliphatic carbocycles. The van der Waals surface area contributed by atoms with Crippen LogP contribution in [0.2, 0.25) is 0 Å². The monoisotopic (exact) mass is 280 g/mol. The Morgan fingerprint density at radius 3 is 2.41 bits per heavy atom. The van der Waals surface area contributed by atoms with Gasteiger partial charge in [0, 0.05) is 5.92 Å². The third-order valence-electron chi connectivity index (χ3n) is 2.91. The third-order valence-corrected chi connectivity index (χ3v) is 3.85. The highest BCUT2D eigenvalue weighted by atomic mass is 35.5. The highest BCUT2D eigenvalue weighted by molar-refractivity contribution is 6.53. The highest BCUT2D eigenvalue weighted by Crippen LogP contribution is 2.65. The van der Waals surface area contributed by atoms with Crippen LogP contribution in [0.15, 0.2) is 12.1 Å².